The molecule has 0 aliphatic heterocycles. The van der Waals surface area contributed by atoms with E-state index in [2.05, 4.69) is 62.7 Å². The Balaban J connectivity index is 1.70. The number of hydrogen-bond acceptors (Lipinski definition) is 4. The van der Waals surface area contributed by atoms with Gasteiger partial charge in [0.1, 0.15) is 0 Å². The molecule has 0 saturated heterocycles. The summed E-state index contributed by atoms with van der Waals surface area (Å²) in [5.41, 5.74) is 3.31. The smallest absolute Gasteiger partial charge is 0.0904 e. The number of hydrogen-bond donors (Lipinski definition) is 1. The second-order valence-electron chi connectivity index (χ2n) is 4.95. The third-order valence-electron chi connectivity index (χ3n) is 3.51. The van der Waals surface area contributed by atoms with Crippen LogP contribution in [0.25, 0.3) is 10.2 Å². The standard InChI is InChI=1S/C15H17BrN4S/c1-3-20-9-12(16)14(19-20)8-17-10(2)11-6-15-13(18-7-11)4-5-21-15/h4-7,9-10,17H,3,8H2,1-2H3. The second-order valence-corrected chi connectivity index (χ2v) is 6.76. The summed E-state index contributed by atoms with van der Waals surface area (Å²) < 4.78 is 4.22. The van der Waals surface area contributed by atoms with Gasteiger partial charge in [0.25, 0.3) is 0 Å². The van der Waals surface area contributed by atoms with Gasteiger partial charge < -0.3 is 5.32 Å². The molecule has 1 atom stereocenters. The van der Waals surface area contributed by atoms with Gasteiger partial charge in [-0.2, -0.15) is 5.10 Å². The highest BCUT2D eigenvalue weighted by Crippen LogP contribution is 2.23. The zero-order valence-corrected chi connectivity index (χ0v) is 14.4. The van der Waals surface area contributed by atoms with Crippen molar-refractivity contribution in [2.75, 3.05) is 0 Å². The van der Waals surface area contributed by atoms with E-state index in [1.807, 2.05) is 17.1 Å². The zero-order chi connectivity index (χ0) is 14.8. The number of halogens is 1. The first-order valence-corrected chi connectivity index (χ1v) is 8.63. The van der Waals surface area contributed by atoms with Crippen LogP contribution in [0.15, 0.2) is 34.4 Å². The molecule has 1 N–H and O–H groups in total. The largest absolute Gasteiger partial charge is 0.304 e. The number of aryl methyl sites for hydroxylation is 1. The van der Waals surface area contributed by atoms with Gasteiger partial charge in [-0.05, 0) is 52.9 Å². The van der Waals surface area contributed by atoms with Crippen molar-refractivity contribution in [2.24, 2.45) is 0 Å². The van der Waals surface area contributed by atoms with Crippen molar-refractivity contribution < 1.29 is 0 Å². The average molecular weight is 365 g/mol. The maximum Gasteiger partial charge on any atom is 0.0904 e. The normalized spacial score (nSPS) is 12.9. The minimum Gasteiger partial charge on any atom is -0.304 e. The van der Waals surface area contributed by atoms with Crippen LogP contribution in [0.1, 0.15) is 31.1 Å². The summed E-state index contributed by atoms with van der Waals surface area (Å²) in [7, 11) is 0. The fourth-order valence-corrected chi connectivity index (χ4v) is 3.43. The Bertz CT molecular complexity index is 749. The molecule has 3 heterocycles. The maximum absolute atomic E-state index is 4.53. The van der Waals surface area contributed by atoms with Crippen molar-refractivity contribution >= 4 is 37.5 Å². The predicted octanol–water partition coefficient (Wildman–Crippen LogP) is 4.13. The van der Waals surface area contributed by atoms with Crippen molar-refractivity contribution in [3.05, 3.63) is 45.6 Å². The Kier molecular flexibility index (Phi) is 4.37. The molecular formula is C15H17BrN4S. The molecule has 0 bridgehead atoms. The summed E-state index contributed by atoms with van der Waals surface area (Å²) in [6, 6.07) is 4.50. The molecule has 0 saturated carbocycles. The molecule has 6 heteroatoms. The van der Waals surface area contributed by atoms with Crippen molar-refractivity contribution in [1.29, 1.82) is 0 Å². The molecule has 1 unspecified atom stereocenters. The summed E-state index contributed by atoms with van der Waals surface area (Å²) in [4.78, 5) is 4.49. The number of nitrogens with zero attached hydrogens (tertiary/aromatic N) is 3. The van der Waals surface area contributed by atoms with Crippen LogP contribution in [0.3, 0.4) is 0 Å². The fraction of sp³-hybridized carbons (Fsp3) is 0.333. The zero-order valence-electron chi connectivity index (χ0n) is 12.0. The number of thiophene rings is 1. The van der Waals surface area contributed by atoms with Gasteiger partial charge in [0.2, 0.25) is 0 Å². The van der Waals surface area contributed by atoms with Crippen LogP contribution in [-0.2, 0) is 13.1 Å². The minimum absolute atomic E-state index is 0.239. The SMILES string of the molecule is CCn1cc(Br)c(CNC(C)c2cnc3ccsc3c2)n1. The van der Waals surface area contributed by atoms with E-state index in [9.17, 15) is 0 Å². The van der Waals surface area contributed by atoms with Crippen LogP contribution in [0, 0.1) is 0 Å². The molecule has 3 aromatic rings. The van der Waals surface area contributed by atoms with Crippen LogP contribution in [-0.4, -0.2) is 14.8 Å². The van der Waals surface area contributed by atoms with Crippen LogP contribution < -0.4 is 5.32 Å². The molecule has 3 aromatic heterocycles. The highest BCUT2D eigenvalue weighted by atomic mass is 79.9. The third kappa shape index (κ3) is 3.17. The van der Waals surface area contributed by atoms with Gasteiger partial charge in [0.05, 0.1) is 20.4 Å². The van der Waals surface area contributed by atoms with Crippen molar-refractivity contribution in [3.63, 3.8) is 0 Å². The maximum atomic E-state index is 4.53. The summed E-state index contributed by atoms with van der Waals surface area (Å²) in [5, 5.41) is 10.1. The highest BCUT2D eigenvalue weighted by molar-refractivity contribution is 9.10. The van der Waals surface area contributed by atoms with E-state index in [1.165, 1.54) is 10.3 Å². The lowest BCUT2D eigenvalue weighted by atomic mass is 10.1. The number of fused-ring (bicyclic) bond motifs is 1. The molecule has 0 aliphatic carbocycles. The van der Waals surface area contributed by atoms with Crippen molar-refractivity contribution in [3.8, 4) is 0 Å². The Morgan fingerprint density at radius 2 is 2.33 bits per heavy atom. The Labute approximate surface area is 136 Å². The van der Waals surface area contributed by atoms with Gasteiger partial charge >= 0.3 is 0 Å². The number of aromatic nitrogens is 3. The predicted molar refractivity (Wildman–Crippen MR) is 90.5 cm³/mol. The van der Waals surface area contributed by atoms with E-state index in [0.717, 1.165) is 28.8 Å². The lowest BCUT2D eigenvalue weighted by Gasteiger charge is -2.13. The Hall–Kier alpha value is -1.24. The van der Waals surface area contributed by atoms with Crippen LogP contribution in [0.4, 0.5) is 0 Å². The van der Waals surface area contributed by atoms with E-state index in [-0.39, 0.29) is 6.04 Å². The van der Waals surface area contributed by atoms with Gasteiger partial charge in [-0.3, -0.25) is 9.67 Å². The molecule has 0 aromatic carbocycles. The fourth-order valence-electron chi connectivity index (χ4n) is 2.18. The Morgan fingerprint density at radius 3 is 3.10 bits per heavy atom. The number of nitrogens with one attached hydrogen (secondary N) is 1. The summed E-state index contributed by atoms with van der Waals surface area (Å²) in [6.45, 7) is 5.85. The quantitative estimate of drug-likeness (QED) is 0.740. The molecule has 0 spiro atoms. The number of rotatable bonds is 5. The van der Waals surface area contributed by atoms with Crippen molar-refractivity contribution in [1.82, 2.24) is 20.1 Å². The van der Waals surface area contributed by atoms with E-state index in [0.29, 0.717) is 0 Å². The summed E-state index contributed by atoms with van der Waals surface area (Å²) >= 11 is 5.29. The van der Waals surface area contributed by atoms with Gasteiger partial charge in [0.15, 0.2) is 0 Å². The highest BCUT2D eigenvalue weighted by Gasteiger charge is 2.10. The summed E-state index contributed by atoms with van der Waals surface area (Å²) in [5.74, 6) is 0. The lowest BCUT2D eigenvalue weighted by molar-refractivity contribution is 0.554. The van der Waals surface area contributed by atoms with Gasteiger partial charge in [0, 0.05) is 31.5 Å². The minimum atomic E-state index is 0.239. The van der Waals surface area contributed by atoms with Gasteiger partial charge in [-0.25, -0.2) is 0 Å². The lowest BCUT2D eigenvalue weighted by Crippen LogP contribution is -2.19. The molecule has 0 radical (unpaired) electrons. The molecule has 110 valence electrons. The van der Waals surface area contributed by atoms with Crippen LogP contribution in [0.5, 0.6) is 0 Å². The van der Waals surface area contributed by atoms with E-state index in [4.69, 9.17) is 0 Å². The van der Waals surface area contributed by atoms with Gasteiger partial charge in [-0.15, -0.1) is 11.3 Å². The molecule has 3 rings (SSSR count). The molecular weight excluding hydrogens is 348 g/mol. The number of pyridine rings is 1. The monoisotopic (exact) mass is 364 g/mol. The first-order chi connectivity index (χ1) is 10.2. The summed E-state index contributed by atoms with van der Waals surface area (Å²) in [6.07, 6.45) is 3.97. The molecule has 4 nitrogen and oxygen atoms in total. The average Bonchev–Trinajstić information content (AvgIpc) is 3.10. The molecule has 21 heavy (non-hydrogen) atoms. The van der Waals surface area contributed by atoms with E-state index in [1.54, 1.807) is 11.3 Å². The van der Waals surface area contributed by atoms with E-state index >= 15 is 0 Å². The first kappa shape index (κ1) is 14.7. The van der Waals surface area contributed by atoms with Crippen molar-refractivity contribution in [2.45, 2.75) is 33.0 Å². The molecule has 0 aliphatic rings. The third-order valence-corrected chi connectivity index (χ3v) is 5.03. The second kappa shape index (κ2) is 6.25. The van der Waals surface area contributed by atoms with Gasteiger partial charge in [-0.1, -0.05) is 0 Å². The van der Waals surface area contributed by atoms with E-state index < -0.39 is 0 Å². The molecule has 0 amide bonds. The van der Waals surface area contributed by atoms with Crippen LogP contribution >= 0.6 is 27.3 Å². The topological polar surface area (TPSA) is 42.7 Å². The Morgan fingerprint density at radius 1 is 1.48 bits per heavy atom. The molecule has 0 fully saturated rings. The van der Waals surface area contributed by atoms with Crippen LogP contribution in [0.2, 0.25) is 0 Å². The first-order valence-electron chi connectivity index (χ1n) is 6.95.